The molecule has 1 aliphatic rings. The van der Waals surface area contributed by atoms with E-state index in [1.54, 1.807) is 6.92 Å². The van der Waals surface area contributed by atoms with Crippen LogP contribution in [-0.4, -0.2) is 32.8 Å². The van der Waals surface area contributed by atoms with E-state index in [0.29, 0.717) is 18.5 Å². The summed E-state index contributed by atoms with van der Waals surface area (Å²) in [4.78, 5) is 16.9. The summed E-state index contributed by atoms with van der Waals surface area (Å²) < 4.78 is 7.79. The molecule has 2 aromatic heterocycles. The maximum atomic E-state index is 12.3. The number of pyridine rings is 1. The highest BCUT2D eigenvalue weighted by Crippen LogP contribution is 2.33. The maximum Gasteiger partial charge on any atom is 0.261 e. The molecule has 1 amide bonds. The largest absolute Gasteiger partial charge is 0.464 e. The molecular weight excluding hydrogens is 340 g/mol. The molecule has 6 nitrogen and oxygen atoms in total. The zero-order chi connectivity index (χ0) is 19.0. The van der Waals surface area contributed by atoms with Crippen LogP contribution >= 0.6 is 0 Å². The number of hydrogen-bond donors (Lipinski definition) is 1. The monoisotopic (exact) mass is 364 g/mol. The van der Waals surface area contributed by atoms with Crippen LogP contribution in [0.5, 0.6) is 5.88 Å². The second-order valence-corrected chi connectivity index (χ2v) is 7.02. The molecular formula is C21H24N4O2. The third-order valence-electron chi connectivity index (χ3n) is 4.83. The van der Waals surface area contributed by atoms with Gasteiger partial charge < -0.3 is 10.1 Å². The first-order valence-electron chi connectivity index (χ1n) is 9.47. The first kappa shape index (κ1) is 17.5. The number of nitrogens with one attached hydrogen (secondary N) is 1. The summed E-state index contributed by atoms with van der Waals surface area (Å²) in [5.74, 6) is 0.343. The maximum absolute atomic E-state index is 12.3. The number of hydrogen-bond acceptors (Lipinski definition) is 4. The van der Waals surface area contributed by atoms with E-state index >= 15 is 0 Å². The molecule has 1 saturated carbocycles. The quantitative estimate of drug-likeness (QED) is 0.727. The molecule has 6 heteroatoms. The number of benzene rings is 1. The minimum atomic E-state index is -0.599. The lowest BCUT2D eigenvalue weighted by Crippen LogP contribution is -2.37. The Morgan fingerprint density at radius 3 is 2.74 bits per heavy atom. The molecule has 0 radical (unpaired) electrons. The summed E-state index contributed by atoms with van der Waals surface area (Å²) in [5, 5.41) is 8.61. The molecule has 1 N–H and O–H groups in total. The molecule has 4 rings (SSSR count). The van der Waals surface area contributed by atoms with Crippen LogP contribution in [-0.2, 0) is 11.3 Å². The fourth-order valence-electron chi connectivity index (χ4n) is 3.24. The highest BCUT2D eigenvalue weighted by Gasteiger charge is 2.27. The number of carbonyl (C=O) groups is 1. The second kappa shape index (κ2) is 7.02. The van der Waals surface area contributed by atoms with Crippen molar-refractivity contribution in [2.24, 2.45) is 0 Å². The van der Waals surface area contributed by atoms with E-state index in [1.165, 1.54) is 0 Å². The molecule has 0 saturated heterocycles. The van der Waals surface area contributed by atoms with Crippen molar-refractivity contribution in [1.82, 2.24) is 20.1 Å². The Morgan fingerprint density at radius 1 is 1.33 bits per heavy atom. The van der Waals surface area contributed by atoms with Crippen LogP contribution in [0.1, 0.15) is 32.4 Å². The second-order valence-electron chi connectivity index (χ2n) is 7.02. The minimum absolute atomic E-state index is 0.0964. The van der Waals surface area contributed by atoms with E-state index in [4.69, 9.17) is 4.74 Å². The number of rotatable bonds is 6. The van der Waals surface area contributed by atoms with Gasteiger partial charge in [0.05, 0.1) is 11.1 Å². The molecule has 140 valence electrons. The van der Waals surface area contributed by atoms with Gasteiger partial charge in [0.25, 0.3) is 5.91 Å². The number of nitrogens with zero attached hydrogens (tertiary/aromatic N) is 3. The van der Waals surface area contributed by atoms with Crippen LogP contribution in [0.2, 0.25) is 0 Å². The van der Waals surface area contributed by atoms with Crippen LogP contribution in [0.3, 0.4) is 0 Å². The molecule has 1 unspecified atom stereocenters. The van der Waals surface area contributed by atoms with Gasteiger partial charge in [-0.3, -0.25) is 4.79 Å². The normalized spacial score (nSPS) is 14.9. The summed E-state index contributed by atoms with van der Waals surface area (Å²) in [6, 6.07) is 12.3. The minimum Gasteiger partial charge on any atom is -0.464 e. The number of aromatic nitrogens is 3. The Bertz CT molecular complexity index is 977. The van der Waals surface area contributed by atoms with E-state index in [1.807, 2.05) is 42.8 Å². The average Bonchev–Trinajstić information content (AvgIpc) is 3.43. The predicted octanol–water partition coefficient (Wildman–Crippen LogP) is 3.47. The first-order chi connectivity index (χ1) is 13.1. The Balaban J connectivity index is 1.75. The number of carbonyl (C=O) groups excluding carboxylic acids is 1. The summed E-state index contributed by atoms with van der Waals surface area (Å²) in [6.07, 6.45) is 1.50. The predicted molar refractivity (Wildman–Crippen MR) is 105 cm³/mol. The summed E-state index contributed by atoms with van der Waals surface area (Å²) >= 11 is 0. The van der Waals surface area contributed by atoms with E-state index in [0.717, 1.165) is 40.7 Å². The molecule has 3 aromatic rings. The van der Waals surface area contributed by atoms with E-state index in [2.05, 4.69) is 27.5 Å². The van der Waals surface area contributed by atoms with Gasteiger partial charge in [0, 0.05) is 18.7 Å². The zero-order valence-electron chi connectivity index (χ0n) is 15.9. The molecule has 1 atom stereocenters. The van der Waals surface area contributed by atoms with Crippen molar-refractivity contribution in [2.45, 2.75) is 52.3 Å². The number of ether oxygens (including phenoxy) is 1. The molecule has 1 aromatic carbocycles. The van der Waals surface area contributed by atoms with Gasteiger partial charge in [0.2, 0.25) is 5.88 Å². The smallest absolute Gasteiger partial charge is 0.261 e. The Hall–Kier alpha value is -2.89. The summed E-state index contributed by atoms with van der Waals surface area (Å²) in [6.45, 7) is 6.50. The lowest BCUT2D eigenvalue weighted by Gasteiger charge is -2.15. The SMILES string of the molecule is CCn1nc(C)c2c(-c3ccccc3)cc(OC(C)C(=O)NC3CC3)nc21. The van der Waals surface area contributed by atoms with Gasteiger partial charge in [0.15, 0.2) is 11.8 Å². The van der Waals surface area contributed by atoms with Crippen LogP contribution in [0.25, 0.3) is 22.2 Å². The van der Waals surface area contributed by atoms with Gasteiger partial charge in [0.1, 0.15) is 0 Å². The first-order valence-corrected chi connectivity index (χ1v) is 9.47. The molecule has 1 aliphatic carbocycles. The Labute approximate surface area is 158 Å². The zero-order valence-corrected chi connectivity index (χ0v) is 15.9. The van der Waals surface area contributed by atoms with Crippen LogP contribution in [0, 0.1) is 6.92 Å². The van der Waals surface area contributed by atoms with Gasteiger partial charge in [-0.25, -0.2) is 4.68 Å². The average molecular weight is 364 g/mol. The lowest BCUT2D eigenvalue weighted by molar-refractivity contribution is -0.127. The van der Waals surface area contributed by atoms with Crippen LogP contribution in [0.4, 0.5) is 0 Å². The third-order valence-corrected chi connectivity index (χ3v) is 4.83. The van der Waals surface area contributed by atoms with E-state index in [-0.39, 0.29) is 5.91 Å². The molecule has 0 bridgehead atoms. The van der Waals surface area contributed by atoms with Gasteiger partial charge in [-0.15, -0.1) is 0 Å². The fraction of sp³-hybridized carbons (Fsp3) is 0.381. The van der Waals surface area contributed by atoms with Gasteiger partial charge in [-0.05, 0) is 44.7 Å². The van der Waals surface area contributed by atoms with E-state index < -0.39 is 6.10 Å². The molecule has 2 heterocycles. The van der Waals surface area contributed by atoms with Gasteiger partial charge in [-0.1, -0.05) is 30.3 Å². The Morgan fingerprint density at radius 2 is 2.07 bits per heavy atom. The standard InChI is InChI=1S/C21H24N4O2/c1-4-25-20-19(13(2)24-25)17(15-8-6-5-7-9-15)12-18(23-20)27-14(3)21(26)22-16-10-11-16/h5-9,12,14,16H,4,10-11H2,1-3H3,(H,22,26). The molecule has 0 spiro atoms. The van der Waals surface area contributed by atoms with Crippen molar-refractivity contribution in [3.05, 3.63) is 42.1 Å². The number of amides is 1. The van der Waals surface area contributed by atoms with Crippen LogP contribution < -0.4 is 10.1 Å². The molecule has 0 aliphatic heterocycles. The number of aryl methyl sites for hydroxylation is 2. The van der Waals surface area contributed by atoms with E-state index in [9.17, 15) is 4.79 Å². The summed E-state index contributed by atoms with van der Waals surface area (Å²) in [7, 11) is 0. The van der Waals surface area contributed by atoms with Crippen molar-refractivity contribution in [2.75, 3.05) is 0 Å². The van der Waals surface area contributed by atoms with Gasteiger partial charge in [-0.2, -0.15) is 10.1 Å². The number of fused-ring (bicyclic) bond motifs is 1. The van der Waals surface area contributed by atoms with Crippen LogP contribution in [0.15, 0.2) is 36.4 Å². The fourth-order valence-corrected chi connectivity index (χ4v) is 3.24. The summed E-state index contributed by atoms with van der Waals surface area (Å²) in [5.41, 5.74) is 3.80. The molecule has 27 heavy (non-hydrogen) atoms. The van der Waals surface area contributed by atoms with Crippen molar-refractivity contribution in [1.29, 1.82) is 0 Å². The Kier molecular flexibility index (Phi) is 4.56. The third kappa shape index (κ3) is 3.52. The van der Waals surface area contributed by atoms with Crippen molar-refractivity contribution in [3.63, 3.8) is 0 Å². The van der Waals surface area contributed by atoms with Gasteiger partial charge >= 0.3 is 0 Å². The van der Waals surface area contributed by atoms with Crippen molar-refractivity contribution >= 4 is 16.9 Å². The van der Waals surface area contributed by atoms with Crippen molar-refractivity contribution in [3.8, 4) is 17.0 Å². The topological polar surface area (TPSA) is 69.0 Å². The molecule has 1 fully saturated rings. The van der Waals surface area contributed by atoms with Crippen molar-refractivity contribution < 1.29 is 9.53 Å². The highest BCUT2D eigenvalue weighted by atomic mass is 16.5. The lowest BCUT2D eigenvalue weighted by atomic mass is 10.0. The highest BCUT2D eigenvalue weighted by molar-refractivity contribution is 5.95.